The van der Waals surface area contributed by atoms with Crippen molar-refractivity contribution in [3.05, 3.63) is 59.7 Å². The van der Waals surface area contributed by atoms with Crippen LogP contribution in [0.25, 0.3) is 11.1 Å². The van der Waals surface area contributed by atoms with E-state index in [1.165, 1.54) is 31.0 Å². The molecule has 0 aromatic heterocycles. The molecule has 2 nitrogen and oxygen atoms in total. The summed E-state index contributed by atoms with van der Waals surface area (Å²) in [6.45, 7) is 1.68. The van der Waals surface area contributed by atoms with Crippen LogP contribution in [0.4, 0.5) is 8.78 Å². The molecular formula is C22H23F2NO. The molecular weight excluding hydrogens is 332 g/mol. The van der Waals surface area contributed by atoms with Gasteiger partial charge in [-0.2, -0.15) is 0 Å². The van der Waals surface area contributed by atoms with Crippen LogP contribution in [-0.2, 0) is 4.79 Å². The Morgan fingerprint density at radius 2 is 1.54 bits per heavy atom. The maximum Gasteiger partial charge on any atom is 0.226 e. The summed E-state index contributed by atoms with van der Waals surface area (Å²) in [5.41, 5.74) is 1.46. The zero-order valence-electron chi connectivity index (χ0n) is 14.8. The summed E-state index contributed by atoms with van der Waals surface area (Å²) in [5, 5.41) is 0. The molecule has 2 fully saturated rings. The van der Waals surface area contributed by atoms with Crippen LogP contribution in [0.15, 0.2) is 42.5 Å². The Hall–Kier alpha value is -2.23. The molecule has 2 aliphatic rings. The van der Waals surface area contributed by atoms with Gasteiger partial charge in [0.1, 0.15) is 11.6 Å². The lowest BCUT2D eigenvalue weighted by molar-refractivity contribution is -0.132. The number of benzene rings is 2. The lowest BCUT2D eigenvalue weighted by Crippen LogP contribution is -2.33. The van der Waals surface area contributed by atoms with E-state index in [0.717, 1.165) is 37.9 Å². The monoisotopic (exact) mass is 355 g/mol. The molecule has 2 atom stereocenters. The van der Waals surface area contributed by atoms with Crippen molar-refractivity contribution in [2.75, 3.05) is 13.1 Å². The van der Waals surface area contributed by atoms with E-state index in [-0.39, 0.29) is 23.3 Å². The van der Waals surface area contributed by atoms with E-state index in [0.29, 0.717) is 5.56 Å². The third-order valence-corrected chi connectivity index (χ3v) is 5.62. The Morgan fingerprint density at radius 3 is 2.23 bits per heavy atom. The van der Waals surface area contributed by atoms with Gasteiger partial charge in [0.2, 0.25) is 5.91 Å². The van der Waals surface area contributed by atoms with E-state index in [1.54, 1.807) is 12.1 Å². The molecule has 0 unspecified atom stereocenters. The van der Waals surface area contributed by atoms with Gasteiger partial charge < -0.3 is 4.90 Å². The highest BCUT2D eigenvalue weighted by Crippen LogP contribution is 2.51. The van der Waals surface area contributed by atoms with Gasteiger partial charge in [0.05, 0.1) is 5.56 Å². The largest absolute Gasteiger partial charge is 0.342 e. The highest BCUT2D eigenvalue weighted by Gasteiger charge is 2.46. The predicted octanol–water partition coefficient (Wildman–Crippen LogP) is 5.14. The van der Waals surface area contributed by atoms with E-state index in [2.05, 4.69) is 0 Å². The first kappa shape index (κ1) is 17.2. The van der Waals surface area contributed by atoms with E-state index in [9.17, 15) is 13.6 Å². The number of nitrogens with zero attached hydrogens (tertiary/aromatic N) is 1. The zero-order valence-corrected chi connectivity index (χ0v) is 14.8. The Morgan fingerprint density at radius 1 is 0.885 bits per heavy atom. The molecule has 4 heteroatoms. The van der Waals surface area contributed by atoms with Crippen LogP contribution in [0.2, 0.25) is 0 Å². The van der Waals surface area contributed by atoms with Gasteiger partial charge in [0.15, 0.2) is 0 Å². The zero-order chi connectivity index (χ0) is 18.1. The lowest BCUT2D eigenvalue weighted by Gasteiger charge is -2.20. The molecule has 0 bridgehead atoms. The Kier molecular flexibility index (Phi) is 4.75. The van der Waals surface area contributed by atoms with Crippen molar-refractivity contribution in [1.82, 2.24) is 4.90 Å². The van der Waals surface area contributed by atoms with Crippen molar-refractivity contribution in [3.63, 3.8) is 0 Å². The molecule has 2 aromatic rings. The van der Waals surface area contributed by atoms with Crippen LogP contribution in [0.3, 0.4) is 0 Å². The SMILES string of the molecule is O=C([C@@H]1C[C@H]1c1ccccc1-c1c(F)cccc1F)N1CCCCCC1. The number of likely N-dealkylation sites (tertiary alicyclic amines) is 1. The van der Waals surface area contributed by atoms with Crippen molar-refractivity contribution in [2.24, 2.45) is 5.92 Å². The molecule has 1 aliphatic carbocycles. The molecule has 0 radical (unpaired) electrons. The molecule has 1 aliphatic heterocycles. The molecule has 1 saturated carbocycles. The maximum absolute atomic E-state index is 14.3. The number of amides is 1. The van der Waals surface area contributed by atoms with Crippen molar-refractivity contribution in [3.8, 4) is 11.1 Å². The second kappa shape index (κ2) is 7.18. The number of halogens is 2. The van der Waals surface area contributed by atoms with Crippen molar-refractivity contribution in [1.29, 1.82) is 0 Å². The number of hydrogen-bond donors (Lipinski definition) is 0. The first-order chi connectivity index (χ1) is 12.7. The highest BCUT2D eigenvalue weighted by molar-refractivity contribution is 5.84. The Bertz CT molecular complexity index is 791. The van der Waals surface area contributed by atoms with Crippen LogP contribution in [0.1, 0.15) is 43.6 Å². The molecule has 4 rings (SSSR count). The topological polar surface area (TPSA) is 20.3 Å². The second-order valence-corrected chi connectivity index (χ2v) is 7.37. The summed E-state index contributed by atoms with van der Waals surface area (Å²) >= 11 is 0. The highest BCUT2D eigenvalue weighted by atomic mass is 19.1. The van der Waals surface area contributed by atoms with E-state index in [4.69, 9.17) is 0 Å². The summed E-state index contributed by atoms with van der Waals surface area (Å²) in [5.74, 6) is -0.909. The van der Waals surface area contributed by atoms with Crippen molar-refractivity contribution in [2.45, 2.75) is 38.0 Å². The summed E-state index contributed by atoms with van der Waals surface area (Å²) in [4.78, 5) is 14.8. The van der Waals surface area contributed by atoms with Crippen molar-refractivity contribution < 1.29 is 13.6 Å². The number of carbonyl (C=O) groups is 1. The van der Waals surface area contributed by atoms with E-state index >= 15 is 0 Å². The van der Waals surface area contributed by atoms with Gasteiger partial charge in [-0.3, -0.25) is 4.79 Å². The van der Waals surface area contributed by atoms with E-state index in [1.807, 2.05) is 17.0 Å². The first-order valence-corrected chi connectivity index (χ1v) is 9.49. The number of carbonyl (C=O) groups excluding carboxylic acids is 1. The summed E-state index contributed by atoms with van der Waals surface area (Å²) in [6, 6.07) is 11.3. The third-order valence-electron chi connectivity index (χ3n) is 5.62. The standard InChI is InChI=1S/C22H23F2NO/c23-19-10-7-11-20(24)21(19)16-9-4-3-8-15(16)17-14-18(17)22(26)25-12-5-1-2-6-13-25/h3-4,7-11,17-18H,1-2,5-6,12-14H2/t17-,18+/m0/s1. The molecule has 1 saturated heterocycles. The molecule has 2 aromatic carbocycles. The predicted molar refractivity (Wildman–Crippen MR) is 97.7 cm³/mol. The fraction of sp³-hybridized carbons (Fsp3) is 0.409. The van der Waals surface area contributed by atoms with E-state index < -0.39 is 11.6 Å². The average molecular weight is 355 g/mol. The average Bonchev–Trinajstić information content (AvgIpc) is 3.45. The number of hydrogen-bond acceptors (Lipinski definition) is 1. The van der Waals surface area contributed by atoms with Gasteiger partial charge in [-0.1, -0.05) is 43.2 Å². The van der Waals surface area contributed by atoms with Crippen LogP contribution in [0, 0.1) is 17.6 Å². The minimum absolute atomic E-state index is 0.0102. The smallest absolute Gasteiger partial charge is 0.226 e. The van der Waals surface area contributed by atoms with Crippen LogP contribution in [0.5, 0.6) is 0 Å². The van der Waals surface area contributed by atoms with Crippen LogP contribution >= 0.6 is 0 Å². The Balaban J connectivity index is 1.60. The lowest BCUT2D eigenvalue weighted by atomic mass is 9.95. The third kappa shape index (κ3) is 3.25. The molecule has 1 amide bonds. The fourth-order valence-electron chi connectivity index (χ4n) is 4.14. The quantitative estimate of drug-likeness (QED) is 0.747. The minimum atomic E-state index is -0.562. The molecule has 0 N–H and O–H groups in total. The summed E-state index contributed by atoms with van der Waals surface area (Å²) in [6.07, 6.45) is 5.28. The van der Waals surface area contributed by atoms with Crippen LogP contribution in [-0.4, -0.2) is 23.9 Å². The molecule has 0 spiro atoms. The second-order valence-electron chi connectivity index (χ2n) is 7.37. The van der Waals surface area contributed by atoms with Crippen molar-refractivity contribution >= 4 is 5.91 Å². The van der Waals surface area contributed by atoms with Gasteiger partial charge in [-0.25, -0.2) is 8.78 Å². The fourth-order valence-corrected chi connectivity index (χ4v) is 4.14. The minimum Gasteiger partial charge on any atom is -0.342 e. The van der Waals surface area contributed by atoms with Gasteiger partial charge in [-0.15, -0.1) is 0 Å². The number of rotatable bonds is 3. The van der Waals surface area contributed by atoms with Gasteiger partial charge in [-0.05, 0) is 48.4 Å². The summed E-state index contributed by atoms with van der Waals surface area (Å²) in [7, 11) is 0. The van der Waals surface area contributed by atoms with Gasteiger partial charge in [0.25, 0.3) is 0 Å². The molecule has 26 heavy (non-hydrogen) atoms. The maximum atomic E-state index is 14.3. The summed E-state index contributed by atoms with van der Waals surface area (Å²) < 4.78 is 28.6. The van der Waals surface area contributed by atoms with Gasteiger partial charge >= 0.3 is 0 Å². The molecule has 1 heterocycles. The Labute approximate surface area is 152 Å². The first-order valence-electron chi connectivity index (χ1n) is 9.49. The molecule has 136 valence electrons. The van der Waals surface area contributed by atoms with Crippen LogP contribution < -0.4 is 0 Å². The van der Waals surface area contributed by atoms with Gasteiger partial charge in [0, 0.05) is 19.0 Å². The normalized spacial score (nSPS) is 22.8.